The van der Waals surface area contributed by atoms with Crippen LogP contribution in [-0.2, 0) is 6.54 Å². The van der Waals surface area contributed by atoms with Gasteiger partial charge in [0, 0.05) is 17.0 Å². The minimum absolute atomic E-state index is 0.132. The van der Waals surface area contributed by atoms with Crippen molar-refractivity contribution in [3.63, 3.8) is 0 Å². The predicted molar refractivity (Wildman–Crippen MR) is 111 cm³/mol. The number of likely N-dealkylation sites (tertiary alicyclic amines) is 1. The highest BCUT2D eigenvalue weighted by Crippen LogP contribution is 2.32. The molecule has 0 saturated carbocycles. The molecule has 5 nitrogen and oxygen atoms in total. The summed E-state index contributed by atoms with van der Waals surface area (Å²) in [4.78, 5) is 17.5. The summed E-state index contributed by atoms with van der Waals surface area (Å²) >= 11 is 6.04. The van der Waals surface area contributed by atoms with E-state index in [1.807, 2.05) is 52.0 Å². The fraction of sp³-hybridized carbons (Fsp3) is 0.364. The van der Waals surface area contributed by atoms with Gasteiger partial charge in [0.2, 0.25) is 0 Å². The highest BCUT2D eigenvalue weighted by molar-refractivity contribution is 6.30. The highest BCUT2D eigenvalue weighted by atomic mass is 35.5. The molecule has 0 bridgehead atoms. The van der Waals surface area contributed by atoms with Crippen LogP contribution in [0.1, 0.15) is 28.9 Å². The Hall–Kier alpha value is -2.37. The SMILES string of the molecule is CN1CCC(CN2Cc3nn(-c4ccc(Cl)cc4)c4cccc(c34)C2=O)CC1. The maximum atomic E-state index is 13.2. The largest absolute Gasteiger partial charge is 0.332 e. The predicted octanol–water partition coefficient (Wildman–Crippen LogP) is 3.98. The lowest BCUT2D eigenvalue weighted by Crippen LogP contribution is -2.41. The standard InChI is InChI=1S/C22H23ClN4O/c1-25-11-9-15(10-12-25)13-26-14-19-21-18(22(26)28)3-2-4-20(21)27(24-19)17-7-5-16(23)6-8-17/h2-8,15H,9-14H2,1H3. The number of carbonyl (C=O) groups excluding carboxylic acids is 1. The Morgan fingerprint density at radius 1 is 1.11 bits per heavy atom. The summed E-state index contributed by atoms with van der Waals surface area (Å²) in [6, 6.07) is 13.6. The smallest absolute Gasteiger partial charge is 0.254 e. The third-order valence-electron chi connectivity index (χ3n) is 6.03. The van der Waals surface area contributed by atoms with E-state index in [-0.39, 0.29) is 5.91 Å². The van der Waals surface area contributed by atoms with Gasteiger partial charge < -0.3 is 9.80 Å². The Morgan fingerprint density at radius 3 is 2.61 bits per heavy atom. The zero-order chi connectivity index (χ0) is 19.3. The molecule has 1 amide bonds. The van der Waals surface area contributed by atoms with Gasteiger partial charge in [-0.2, -0.15) is 5.10 Å². The van der Waals surface area contributed by atoms with E-state index in [1.54, 1.807) is 0 Å². The van der Waals surface area contributed by atoms with Crippen molar-refractivity contribution in [2.24, 2.45) is 5.92 Å². The first-order valence-corrected chi connectivity index (χ1v) is 10.2. The molecular weight excluding hydrogens is 372 g/mol. The Morgan fingerprint density at radius 2 is 1.86 bits per heavy atom. The molecule has 5 rings (SSSR count). The van der Waals surface area contributed by atoms with Gasteiger partial charge in [0.05, 0.1) is 29.0 Å². The number of piperidine rings is 1. The zero-order valence-electron chi connectivity index (χ0n) is 15.9. The lowest BCUT2D eigenvalue weighted by Gasteiger charge is -2.34. The Labute approximate surface area is 169 Å². The van der Waals surface area contributed by atoms with Crippen molar-refractivity contribution in [2.45, 2.75) is 19.4 Å². The van der Waals surface area contributed by atoms with Crippen LogP contribution in [0.2, 0.25) is 5.02 Å². The molecule has 1 aromatic heterocycles. The number of amides is 1. The van der Waals surface area contributed by atoms with Crippen molar-refractivity contribution < 1.29 is 4.79 Å². The lowest BCUT2D eigenvalue weighted by molar-refractivity contribution is 0.0674. The van der Waals surface area contributed by atoms with E-state index < -0.39 is 0 Å². The molecule has 0 unspecified atom stereocenters. The fourth-order valence-corrected chi connectivity index (χ4v) is 4.57. The van der Waals surface area contributed by atoms with Gasteiger partial charge in [-0.25, -0.2) is 4.68 Å². The Kier molecular flexibility index (Phi) is 4.37. The van der Waals surface area contributed by atoms with Gasteiger partial charge >= 0.3 is 0 Å². The molecule has 0 radical (unpaired) electrons. The highest BCUT2D eigenvalue weighted by Gasteiger charge is 2.31. The van der Waals surface area contributed by atoms with Crippen molar-refractivity contribution in [2.75, 3.05) is 26.7 Å². The molecule has 0 spiro atoms. The van der Waals surface area contributed by atoms with Crippen LogP contribution in [0.15, 0.2) is 42.5 Å². The van der Waals surface area contributed by atoms with E-state index in [4.69, 9.17) is 16.7 Å². The first kappa shape index (κ1) is 17.7. The minimum Gasteiger partial charge on any atom is -0.332 e. The van der Waals surface area contributed by atoms with Gasteiger partial charge in [0.1, 0.15) is 0 Å². The van der Waals surface area contributed by atoms with Gasteiger partial charge in [0.25, 0.3) is 5.91 Å². The molecule has 2 aliphatic heterocycles. The van der Waals surface area contributed by atoms with Crippen LogP contribution >= 0.6 is 11.6 Å². The second kappa shape index (κ2) is 6.90. The zero-order valence-corrected chi connectivity index (χ0v) is 16.7. The number of hydrogen-bond donors (Lipinski definition) is 0. The molecule has 3 aromatic rings. The fourth-order valence-electron chi connectivity index (χ4n) is 4.44. The van der Waals surface area contributed by atoms with Crippen LogP contribution in [-0.4, -0.2) is 52.2 Å². The summed E-state index contributed by atoms with van der Waals surface area (Å²) in [7, 11) is 2.17. The Bertz CT molecular complexity index is 1030. The van der Waals surface area contributed by atoms with Gasteiger partial charge in [-0.05, 0) is 75.3 Å². The first-order valence-electron chi connectivity index (χ1n) is 9.84. The van der Waals surface area contributed by atoms with E-state index in [9.17, 15) is 4.79 Å². The van der Waals surface area contributed by atoms with Gasteiger partial charge in [-0.1, -0.05) is 17.7 Å². The van der Waals surface area contributed by atoms with Crippen LogP contribution in [0.3, 0.4) is 0 Å². The number of rotatable bonds is 3. The number of aromatic nitrogens is 2. The van der Waals surface area contributed by atoms with E-state index >= 15 is 0 Å². The van der Waals surface area contributed by atoms with Crippen molar-refractivity contribution in [3.05, 3.63) is 58.7 Å². The molecule has 1 saturated heterocycles. The topological polar surface area (TPSA) is 41.4 Å². The van der Waals surface area contributed by atoms with Crippen LogP contribution in [0, 0.1) is 5.92 Å². The third kappa shape index (κ3) is 2.99. The monoisotopic (exact) mass is 394 g/mol. The molecule has 2 aromatic carbocycles. The van der Waals surface area contributed by atoms with Crippen molar-refractivity contribution in [1.29, 1.82) is 0 Å². The van der Waals surface area contributed by atoms with E-state index in [0.29, 0.717) is 17.5 Å². The second-order valence-electron chi connectivity index (χ2n) is 7.97. The van der Waals surface area contributed by atoms with Gasteiger partial charge in [-0.3, -0.25) is 4.79 Å². The number of halogens is 1. The number of hydrogen-bond acceptors (Lipinski definition) is 3. The molecule has 28 heavy (non-hydrogen) atoms. The van der Waals surface area contributed by atoms with E-state index in [1.165, 1.54) is 0 Å². The van der Waals surface area contributed by atoms with Gasteiger partial charge in [-0.15, -0.1) is 0 Å². The summed E-state index contributed by atoms with van der Waals surface area (Å²) in [5.74, 6) is 0.701. The third-order valence-corrected chi connectivity index (χ3v) is 6.28. The summed E-state index contributed by atoms with van der Waals surface area (Å²) < 4.78 is 1.93. The summed E-state index contributed by atoms with van der Waals surface area (Å²) in [6.07, 6.45) is 2.30. The second-order valence-corrected chi connectivity index (χ2v) is 8.40. The number of nitrogens with zero attached hydrogens (tertiary/aromatic N) is 4. The molecule has 0 N–H and O–H groups in total. The minimum atomic E-state index is 0.132. The van der Waals surface area contributed by atoms with E-state index in [0.717, 1.165) is 60.3 Å². The van der Waals surface area contributed by atoms with Crippen LogP contribution in [0.25, 0.3) is 16.6 Å². The van der Waals surface area contributed by atoms with Crippen molar-refractivity contribution in [1.82, 2.24) is 19.6 Å². The molecular formula is C22H23ClN4O. The molecule has 0 aliphatic carbocycles. The number of carbonyl (C=O) groups is 1. The molecule has 2 aliphatic rings. The normalized spacial score (nSPS) is 18.2. The summed E-state index contributed by atoms with van der Waals surface area (Å²) in [6.45, 7) is 3.62. The molecule has 0 atom stereocenters. The number of benzene rings is 2. The summed E-state index contributed by atoms with van der Waals surface area (Å²) in [5, 5.41) is 6.57. The Balaban J connectivity index is 1.50. The maximum Gasteiger partial charge on any atom is 0.254 e. The van der Waals surface area contributed by atoms with Crippen LogP contribution in [0.5, 0.6) is 0 Å². The quantitative estimate of drug-likeness (QED) is 0.674. The van der Waals surface area contributed by atoms with Gasteiger partial charge in [0.15, 0.2) is 0 Å². The average Bonchev–Trinajstić information content (AvgIpc) is 3.07. The molecule has 6 heteroatoms. The molecule has 3 heterocycles. The molecule has 144 valence electrons. The average molecular weight is 395 g/mol. The maximum absolute atomic E-state index is 13.2. The van der Waals surface area contributed by atoms with Crippen molar-refractivity contribution >= 4 is 28.4 Å². The molecule has 1 fully saturated rings. The van der Waals surface area contributed by atoms with Crippen LogP contribution < -0.4 is 0 Å². The van der Waals surface area contributed by atoms with E-state index in [2.05, 4.69) is 11.9 Å². The first-order chi connectivity index (χ1) is 13.6. The summed E-state index contributed by atoms with van der Waals surface area (Å²) in [5.41, 5.74) is 3.68. The van der Waals surface area contributed by atoms with Crippen LogP contribution in [0.4, 0.5) is 0 Å². The van der Waals surface area contributed by atoms with Crippen molar-refractivity contribution in [3.8, 4) is 5.69 Å². The lowest BCUT2D eigenvalue weighted by atomic mass is 9.94.